The van der Waals surface area contributed by atoms with Gasteiger partial charge in [-0.05, 0) is 92.4 Å². The number of carbonyl (C=O) groups is 1. The molecule has 3 aliphatic carbocycles. The molecule has 6 heteroatoms. The number of phenolic OH excluding ortho intramolecular Hbond substituents is 1. The number of likely N-dealkylation sites (tertiary alicyclic amines) is 2. The molecule has 4 bridgehead atoms. The van der Waals surface area contributed by atoms with Crippen LogP contribution in [-0.2, 0) is 16.6 Å². The molecule has 1 amide bonds. The summed E-state index contributed by atoms with van der Waals surface area (Å²) in [7, 11) is 0. The van der Waals surface area contributed by atoms with Crippen molar-refractivity contribution in [3.63, 3.8) is 0 Å². The van der Waals surface area contributed by atoms with Crippen LogP contribution in [0.25, 0.3) is 0 Å². The Kier molecular flexibility index (Phi) is 4.20. The molecule has 0 aromatic heterocycles. The van der Waals surface area contributed by atoms with Crippen LogP contribution in [-0.4, -0.2) is 64.2 Å². The monoisotopic (exact) mass is 481 g/mol. The van der Waals surface area contributed by atoms with Crippen molar-refractivity contribution in [2.75, 3.05) is 19.6 Å². The van der Waals surface area contributed by atoms with E-state index in [0.717, 1.165) is 38.1 Å². The van der Waals surface area contributed by atoms with Crippen molar-refractivity contribution in [1.82, 2.24) is 9.80 Å². The number of hydrogen-bond donors (Lipinski definition) is 1. The van der Waals surface area contributed by atoms with E-state index in [-0.39, 0.29) is 35.0 Å². The summed E-state index contributed by atoms with van der Waals surface area (Å²) in [6.45, 7) is 2.85. The molecule has 0 spiro atoms. The molecule has 3 heterocycles. The van der Waals surface area contributed by atoms with E-state index < -0.39 is 0 Å². The Hall–Kier alpha value is -2.88. The van der Waals surface area contributed by atoms with E-state index in [4.69, 9.17) is 4.74 Å². The van der Waals surface area contributed by atoms with Gasteiger partial charge >= 0.3 is 0 Å². The molecule has 3 saturated heterocycles. The predicted molar refractivity (Wildman–Crippen MR) is 133 cm³/mol. The molecule has 6 aliphatic rings. The molecule has 2 saturated carbocycles. The van der Waals surface area contributed by atoms with Gasteiger partial charge in [-0.25, -0.2) is 0 Å². The van der Waals surface area contributed by atoms with Crippen molar-refractivity contribution in [3.8, 4) is 11.8 Å². The molecule has 184 valence electrons. The maximum atomic E-state index is 13.8. The highest BCUT2D eigenvalue weighted by Gasteiger charge is 2.78. The van der Waals surface area contributed by atoms with Crippen molar-refractivity contribution >= 4 is 5.91 Å². The Balaban J connectivity index is 1.23. The second kappa shape index (κ2) is 7.12. The summed E-state index contributed by atoms with van der Waals surface area (Å²) >= 11 is 0. The number of carbonyl (C=O) groups excluding carboxylic acids is 1. The first-order chi connectivity index (χ1) is 17.5. The molecule has 5 fully saturated rings. The molecule has 6 nitrogen and oxygen atoms in total. The second-order valence-electron chi connectivity index (χ2n) is 12.0. The van der Waals surface area contributed by atoms with Gasteiger partial charge in [0.2, 0.25) is 0 Å². The minimum atomic E-state index is -0.234. The van der Waals surface area contributed by atoms with Crippen LogP contribution < -0.4 is 0 Å². The molecule has 8 rings (SSSR count). The summed E-state index contributed by atoms with van der Waals surface area (Å²) in [6.07, 6.45) is 6.63. The van der Waals surface area contributed by atoms with Crippen LogP contribution in [0, 0.1) is 23.2 Å². The first-order valence-corrected chi connectivity index (χ1v) is 13.6. The van der Waals surface area contributed by atoms with E-state index in [9.17, 15) is 15.2 Å². The minimum absolute atomic E-state index is 0.00802. The van der Waals surface area contributed by atoms with Gasteiger partial charge in [-0.3, -0.25) is 9.69 Å². The van der Waals surface area contributed by atoms with Crippen molar-refractivity contribution in [2.24, 2.45) is 11.8 Å². The number of rotatable bonds is 3. The van der Waals surface area contributed by atoms with Crippen LogP contribution in [0.2, 0.25) is 0 Å². The number of hydrogen-bond acceptors (Lipinski definition) is 5. The van der Waals surface area contributed by atoms with E-state index >= 15 is 0 Å². The molecule has 3 aliphatic heterocycles. The van der Waals surface area contributed by atoms with Crippen LogP contribution in [0.4, 0.5) is 0 Å². The zero-order chi connectivity index (χ0) is 24.2. The lowest BCUT2D eigenvalue weighted by molar-refractivity contribution is -0.171. The van der Waals surface area contributed by atoms with E-state index in [2.05, 4.69) is 17.0 Å². The third-order valence-electron chi connectivity index (χ3n) is 10.5. The first kappa shape index (κ1) is 21.2. The Bertz CT molecular complexity index is 1330. The third-order valence-corrected chi connectivity index (χ3v) is 10.5. The second-order valence-corrected chi connectivity index (χ2v) is 12.0. The van der Waals surface area contributed by atoms with Gasteiger partial charge < -0.3 is 14.7 Å². The van der Waals surface area contributed by atoms with E-state index in [1.807, 2.05) is 23.1 Å². The van der Waals surface area contributed by atoms with Crippen molar-refractivity contribution in [3.05, 3.63) is 64.7 Å². The van der Waals surface area contributed by atoms with Crippen LogP contribution in [0.3, 0.4) is 0 Å². The third kappa shape index (κ3) is 2.55. The van der Waals surface area contributed by atoms with E-state index in [1.54, 1.807) is 18.2 Å². The number of nitriles is 1. The molecule has 2 aromatic rings. The lowest BCUT2D eigenvalue weighted by Gasteiger charge is -2.64. The number of piperidine rings is 1. The molecule has 1 N–H and O–H groups in total. The molecule has 0 unspecified atom stereocenters. The zero-order valence-electron chi connectivity index (χ0n) is 20.4. The number of ether oxygens (including phenoxy) is 1. The highest BCUT2D eigenvalue weighted by atomic mass is 16.5. The van der Waals surface area contributed by atoms with E-state index in [0.29, 0.717) is 29.5 Å². The highest BCUT2D eigenvalue weighted by molar-refractivity contribution is 5.95. The van der Waals surface area contributed by atoms with Gasteiger partial charge in [-0.1, -0.05) is 12.1 Å². The summed E-state index contributed by atoms with van der Waals surface area (Å²) < 4.78 is 7.25. The zero-order valence-corrected chi connectivity index (χ0v) is 20.4. The van der Waals surface area contributed by atoms with Gasteiger partial charge in [-0.2, -0.15) is 5.26 Å². The maximum absolute atomic E-state index is 13.8. The Morgan fingerprint density at radius 1 is 1.17 bits per heavy atom. The minimum Gasteiger partial charge on any atom is -0.508 e. The number of aromatic hydroxyl groups is 1. The van der Waals surface area contributed by atoms with Crippen molar-refractivity contribution < 1.29 is 14.6 Å². The van der Waals surface area contributed by atoms with Crippen molar-refractivity contribution in [2.45, 2.75) is 67.7 Å². The largest absolute Gasteiger partial charge is 0.508 e. The Morgan fingerprint density at radius 3 is 2.89 bits per heavy atom. The summed E-state index contributed by atoms with van der Waals surface area (Å²) in [5, 5.41) is 19.9. The first-order valence-electron chi connectivity index (χ1n) is 13.6. The standard InChI is InChI=1S/C30H31N3O3/c31-15-19-2-1-3-21(12-19)28(35)33-17-25-27-24(33)8-9-30(36-25)26-13-20-6-7-22(34)14-23(20)29(27,30)10-11-32(26)16-18-4-5-18/h1-3,6-7,12,14,18,24-27,34H,4-5,8-11,13,16-17H2/t24-,25-,26-,27+,29+,30-/m1/s1. The number of amides is 1. The van der Waals surface area contributed by atoms with Crippen LogP contribution >= 0.6 is 0 Å². The van der Waals surface area contributed by atoms with Gasteiger partial charge in [0.1, 0.15) is 5.75 Å². The molecule has 36 heavy (non-hydrogen) atoms. The molecule has 6 atom stereocenters. The number of phenols is 1. The topological polar surface area (TPSA) is 76.8 Å². The van der Waals surface area contributed by atoms with Crippen LogP contribution in [0.15, 0.2) is 42.5 Å². The number of benzene rings is 2. The predicted octanol–water partition coefficient (Wildman–Crippen LogP) is 3.61. The van der Waals surface area contributed by atoms with Gasteiger partial charge in [0.25, 0.3) is 5.91 Å². The number of fused-ring (bicyclic) bond motifs is 1. The van der Waals surface area contributed by atoms with Gasteiger partial charge in [0.15, 0.2) is 0 Å². The SMILES string of the molecule is N#Cc1cccc(C(=O)N2C[C@H]3O[C@@]45CC[C@@H]2[C@@H]3[C@@]42CCN(CC3CC3)[C@@H]5Cc3ccc(O)cc32)c1. The Labute approximate surface area is 211 Å². The molecule has 0 radical (unpaired) electrons. The summed E-state index contributed by atoms with van der Waals surface area (Å²) in [6, 6.07) is 15.7. The maximum Gasteiger partial charge on any atom is 0.254 e. The molecule has 2 aromatic carbocycles. The van der Waals surface area contributed by atoms with Crippen molar-refractivity contribution in [1.29, 1.82) is 5.26 Å². The Morgan fingerprint density at radius 2 is 2.06 bits per heavy atom. The van der Waals surface area contributed by atoms with Crippen LogP contribution in [0.1, 0.15) is 59.2 Å². The van der Waals surface area contributed by atoms with Gasteiger partial charge in [-0.15, -0.1) is 0 Å². The lowest BCUT2D eigenvalue weighted by Crippen LogP contribution is -2.74. The van der Waals surface area contributed by atoms with E-state index in [1.165, 1.54) is 30.5 Å². The fourth-order valence-electron chi connectivity index (χ4n) is 9.14. The van der Waals surface area contributed by atoms with Gasteiger partial charge in [0.05, 0.1) is 23.3 Å². The average Bonchev–Trinajstić information content (AvgIpc) is 3.59. The highest BCUT2D eigenvalue weighted by Crippen LogP contribution is 2.69. The quantitative estimate of drug-likeness (QED) is 0.725. The number of nitrogens with zero attached hydrogens (tertiary/aromatic N) is 3. The fourth-order valence-corrected chi connectivity index (χ4v) is 9.14. The smallest absolute Gasteiger partial charge is 0.254 e. The normalized spacial score (nSPS) is 37.8. The summed E-state index contributed by atoms with van der Waals surface area (Å²) in [5.74, 6) is 1.41. The fraction of sp³-hybridized carbons (Fsp3) is 0.533. The van der Waals surface area contributed by atoms with Gasteiger partial charge in [0, 0.05) is 42.1 Å². The lowest BCUT2D eigenvalue weighted by atomic mass is 9.46. The molecular formula is C30H31N3O3. The summed E-state index contributed by atoms with van der Waals surface area (Å²) in [5.41, 5.74) is 3.33. The molecular weight excluding hydrogens is 450 g/mol. The average molecular weight is 482 g/mol. The van der Waals surface area contributed by atoms with Crippen LogP contribution in [0.5, 0.6) is 5.75 Å². The summed E-state index contributed by atoms with van der Waals surface area (Å²) in [4.78, 5) is 18.5.